The Morgan fingerprint density at radius 2 is 1.81 bits per heavy atom. The number of amides is 2. The Morgan fingerprint density at radius 3 is 2.52 bits per heavy atom. The molecule has 142 valence electrons. The van der Waals surface area contributed by atoms with Crippen molar-refractivity contribution in [3.63, 3.8) is 0 Å². The van der Waals surface area contributed by atoms with E-state index in [0.717, 1.165) is 0 Å². The Bertz CT molecular complexity index is 828. The molecule has 0 saturated carbocycles. The predicted octanol–water partition coefficient (Wildman–Crippen LogP) is 2.83. The second-order valence-electron chi connectivity index (χ2n) is 6.29. The van der Waals surface area contributed by atoms with Gasteiger partial charge < -0.3 is 15.0 Å². The lowest BCUT2D eigenvalue weighted by Gasteiger charge is -2.25. The maximum absolute atomic E-state index is 13.4. The van der Waals surface area contributed by atoms with Crippen LogP contribution >= 0.6 is 11.6 Å². The quantitative estimate of drug-likeness (QED) is 0.611. The average molecular weight is 388 g/mol. The van der Waals surface area contributed by atoms with E-state index >= 15 is 0 Å². The lowest BCUT2D eigenvalue weighted by atomic mass is 10.1. The van der Waals surface area contributed by atoms with Crippen molar-refractivity contribution in [3.8, 4) is 0 Å². The SMILES string of the molecule is COCCNCC1C(=O)N(C)c2ccc(Cl)cc2N(c2ccccc2)C1=O. The first kappa shape index (κ1) is 19.4. The lowest BCUT2D eigenvalue weighted by molar-refractivity contribution is -0.131. The molecule has 2 amide bonds. The summed E-state index contributed by atoms with van der Waals surface area (Å²) in [5, 5.41) is 3.63. The van der Waals surface area contributed by atoms with Crippen molar-refractivity contribution in [1.29, 1.82) is 0 Å². The first-order chi connectivity index (χ1) is 13.0. The summed E-state index contributed by atoms with van der Waals surface area (Å²) in [7, 11) is 3.29. The molecular formula is C20H22ClN3O3. The molecule has 1 N–H and O–H groups in total. The summed E-state index contributed by atoms with van der Waals surface area (Å²) in [4.78, 5) is 29.5. The van der Waals surface area contributed by atoms with Gasteiger partial charge in [0, 0.05) is 38.0 Å². The number of benzene rings is 2. The van der Waals surface area contributed by atoms with Gasteiger partial charge in [-0.1, -0.05) is 29.8 Å². The zero-order valence-corrected chi connectivity index (χ0v) is 16.1. The van der Waals surface area contributed by atoms with Crippen LogP contribution in [-0.2, 0) is 14.3 Å². The second-order valence-corrected chi connectivity index (χ2v) is 6.73. The van der Waals surface area contributed by atoms with Crippen molar-refractivity contribution >= 4 is 40.5 Å². The van der Waals surface area contributed by atoms with Gasteiger partial charge in [0.1, 0.15) is 5.92 Å². The summed E-state index contributed by atoms with van der Waals surface area (Å²) in [6.07, 6.45) is 0. The maximum Gasteiger partial charge on any atom is 0.245 e. The third-order valence-electron chi connectivity index (χ3n) is 4.53. The number of nitrogens with one attached hydrogen (secondary N) is 1. The fraction of sp³-hybridized carbons (Fsp3) is 0.300. The molecule has 1 unspecified atom stereocenters. The number of carbonyl (C=O) groups excluding carboxylic acids is 2. The van der Waals surface area contributed by atoms with Crippen LogP contribution < -0.4 is 15.1 Å². The van der Waals surface area contributed by atoms with Crippen LogP contribution in [0.5, 0.6) is 0 Å². The van der Waals surface area contributed by atoms with Crippen LogP contribution in [0.2, 0.25) is 5.02 Å². The normalized spacial score (nSPS) is 17.1. The number of anilines is 3. The van der Waals surface area contributed by atoms with Crippen molar-refractivity contribution in [2.45, 2.75) is 0 Å². The largest absolute Gasteiger partial charge is 0.383 e. The minimum atomic E-state index is -0.849. The summed E-state index contributed by atoms with van der Waals surface area (Å²) < 4.78 is 5.02. The van der Waals surface area contributed by atoms with Crippen molar-refractivity contribution in [3.05, 3.63) is 53.6 Å². The number of fused-ring (bicyclic) bond motifs is 1. The van der Waals surface area contributed by atoms with Gasteiger partial charge in [0.15, 0.2) is 0 Å². The molecule has 0 bridgehead atoms. The summed E-state index contributed by atoms with van der Waals surface area (Å²) >= 11 is 6.20. The van der Waals surface area contributed by atoms with Gasteiger partial charge in [-0.15, -0.1) is 0 Å². The third-order valence-corrected chi connectivity index (χ3v) is 4.77. The molecule has 2 aromatic rings. The van der Waals surface area contributed by atoms with Crippen LogP contribution in [0.4, 0.5) is 17.1 Å². The number of carbonyl (C=O) groups is 2. The van der Waals surface area contributed by atoms with Gasteiger partial charge in [-0.3, -0.25) is 14.5 Å². The van der Waals surface area contributed by atoms with Crippen LogP contribution in [0, 0.1) is 5.92 Å². The number of para-hydroxylation sites is 1. The third kappa shape index (κ3) is 3.98. The molecule has 0 radical (unpaired) electrons. The number of ether oxygens (including phenoxy) is 1. The van der Waals surface area contributed by atoms with Crippen molar-refractivity contribution in [2.24, 2.45) is 5.92 Å². The molecule has 1 aliphatic rings. The van der Waals surface area contributed by atoms with E-state index in [4.69, 9.17) is 16.3 Å². The standard InChI is InChI=1S/C20H22ClN3O3/c1-23-17-9-8-14(21)12-18(17)24(15-6-4-3-5-7-15)20(26)16(19(23)25)13-22-10-11-27-2/h3-9,12,16,22H,10-11,13H2,1-2H3. The maximum atomic E-state index is 13.4. The zero-order chi connectivity index (χ0) is 19.4. The summed E-state index contributed by atoms with van der Waals surface area (Å²) in [6, 6.07) is 14.5. The first-order valence-electron chi connectivity index (χ1n) is 8.70. The van der Waals surface area contributed by atoms with Crippen LogP contribution in [0.1, 0.15) is 0 Å². The van der Waals surface area contributed by atoms with Crippen LogP contribution in [0.15, 0.2) is 48.5 Å². The van der Waals surface area contributed by atoms with E-state index in [1.54, 1.807) is 37.3 Å². The number of hydrogen-bond donors (Lipinski definition) is 1. The number of nitrogens with zero attached hydrogens (tertiary/aromatic N) is 2. The summed E-state index contributed by atoms with van der Waals surface area (Å²) in [5.41, 5.74) is 1.92. The molecule has 1 heterocycles. The molecule has 6 nitrogen and oxygen atoms in total. The smallest absolute Gasteiger partial charge is 0.245 e. The predicted molar refractivity (Wildman–Crippen MR) is 107 cm³/mol. The van der Waals surface area contributed by atoms with E-state index in [9.17, 15) is 9.59 Å². The molecule has 0 spiro atoms. The van der Waals surface area contributed by atoms with Gasteiger partial charge >= 0.3 is 0 Å². The highest BCUT2D eigenvalue weighted by Gasteiger charge is 2.39. The number of rotatable bonds is 6. The Morgan fingerprint density at radius 1 is 1.07 bits per heavy atom. The number of methoxy groups -OCH3 is 1. The van der Waals surface area contributed by atoms with Crippen molar-refractivity contribution in [2.75, 3.05) is 43.7 Å². The van der Waals surface area contributed by atoms with Gasteiger partial charge in [0.2, 0.25) is 11.8 Å². The molecular weight excluding hydrogens is 366 g/mol. The minimum Gasteiger partial charge on any atom is -0.383 e. The van der Waals surface area contributed by atoms with Crippen LogP contribution in [0.3, 0.4) is 0 Å². The molecule has 0 aliphatic carbocycles. The van der Waals surface area contributed by atoms with Gasteiger partial charge in [-0.25, -0.2) is 0 Å². The zero-order valence-electron chi connectivity index (χ0n) is 15.3. The highest BCUT2D eigenvalue weighted by Crippen LogP contribution is 2.40. The van der Waals surface area contributed by atoms with E-state index in [-0.39, 0.29) is 18.4 Å². The molecule has 1 aliphatic heterocycles. The van der Waals surface area contributed by atoms with E-state index in [1.165, 1.54) is 4.90 Å². The van der Waals surface area contributed by atoms with E-state index in [0.29, 0.717) is 35.2 Å². The number of hydrogen-bond acceptors (Lipinski definition) is 4. The molecule has 3 rings (SSSR count). The van der Waals surface area contributed by atoms with Gasteiger partial charge in [0.25, 0.3) is 0 Å². The van der Waals surface area contributed by atoms with Gasteiger partial charge in [-0.2, -0.15) is 0 Å². The van der Waals surface area contributed by atoms with Crippen molar-refractivity contribution in [1.82, 2.24) is 5.32 Å². The summed E-state index contributed by atoms with van der Waals surface area (Å²) in [6.45, 7) is 1.29. The van der Waals surface area contributed by atoms with E-state index < -0.39 is 5.92 Å². The Kier molecular flexibility index (Phi) is 6.11. The molecule has 0 fully saturated rings. The molecule has 1 atom stereocenters. The van der Waals surface area contributed by atoms with Gasteiger partial charge in [-0.05, 0) is 30.3 Å². The fourth-order valence-corrected chi connectivity index (χ4v) is 3.30. The van der Waals surface area contributed by atoms with Crippen molar-refractivity contribution < 1.29 is 14.3 Å². The highest BCUT2D eigenvalue weighted by molar-refractivity contribution is 6.31. The van der Waals surface area contributed by atoms with Crippen LogP contribution in [-0.4, -0.2) is 45.7 Å². The Hall–Kier alpha value is -2.41. The molecule has 7 heteroatoms. The molecule has 27 heavy (non-hydrogen) atoms. The first-order valence-corrected chi connectivity index (χ1v) is 9.08. The second kappa shape index (κ2) is 8.52. The molecule has 2 aromatic carbocycles. The molecule has 0 saturated heterocycles. The monoisotopic (exact) mass is 387 g/mol. The average Bonchev–Trinajstić information content (AvgIpc) is 2.74. The Labute approximate surface area is 163 Å². The minimum absolute atomic E-state index is 0.233. The molecule has 0 aromatic heterocycles. The lowest BCUT2D eigenvalue weighted by Crippen LogP contribution is -2.45. The highest BCUT2D eigenvalue weighted by atomic mass is 35.5. The van der Waals surface area contributed by atoms with Gasteiger partial charge in [0.05, 0.1) is 18.0 Å². The summed E-state index contributed by atoms with van der Waals surface area (Å²) in [5.74, 6) is -1.39. The Balaban J connectivity index is 2.05. The van der Waals surface area contributed by atoms with E-state index in [1.807, 2.05) is 30.3 Å². The number of halogens is 1. The fourth-order valence-electron chi connectivity index (χ4n) is 3.13. The van der Waals surface area contributed by atoms with Crippen LogP contribution in [0.25, 0.3) is 0 Å². The van der Waals surface area contributed by atoms with E-state index in [2.05, 4.69) is 5.32 Å². The topological polar surface area (TPSA) is 61.9 Å².